The van der Waals surface area contributed by atoms with Gasteiger partial charge in [-0.25, -0.2) is 4.39 Å². The van der Waals surface area contributed by atoms with E-state index < -0.39 is 0 Å². The Kier molecular flexibility index (Phi) is 5.24. The average Bonchev–Trinajstić information content (AvgIpc) is 2.87. The van der Waals surface area contributed by atoms with Gasteiger partial charge in [-0.3, -0.25) is 0 Å². The number of halogens is 1. The highest BCUT2D eigenvalue weighted by molar-refractivity contribution is 5.19. The molecule has 1 aromatic carbocycles. The van der Waals surface area contributed by atoms with Crippen LogP contribution in [0.2, 0.25) is 0 Å². The largest absolute Gasteiger partial charge is 0.339 e. The van der Waals surface area contributed by atoms with Crippen LogP contribution >= 0.6 is 0 Å². The van der Waals surface area contributed by atoms with Crippen LogP contribution in [0, 0.1) is 5.82 Å². The lowest BCUT2D eigenvalue weighted by atomic mass is 10.1. The zero-order valence-electron chi connectivity index (χ0n) is 11.9. The van der Waals surface area contributed by atoms with E-state index in [0.29, 0.717) is 24.2 Å². The number of benzene rings is 1. The van der Waals surface area contributed by atoms with E-state index in [9.17, 15) is 4.39 Å². The molecular weight excluding hydrogens is 257 g/mol. The molecule has 20 heavy (non-hydrogen) atoms. The topological polar surface area (TPSA) is 51.0 Å². The van der Waals surface area contributed by atoms with Crippen molar-refractivity contribution in [3.05, 3.63) is 47.4 Å². The molecule has 1 unspecified atom stereocenters. The van der Waals surface area contributed by atoms with Gasteiger partial charge >= 0.3 is 0 Å². The van der Waals surface area contributed by atoms with Gasteiger partial charge < -0.3 is 9.84 Å². The van der Waals surface area contributed by atoms with Gasteiger partial charge in [0.05, 0.1) is 0 Å². The number of nitrogens with one attached hydrogen (secondary N) is 1. The lowest BCUT2D eigenvalue weighted by Gasteiger charge is -2.09. The van der Waals surface area contributed by atoms with Crippen molar-refractivity contribution in [2.24, 2.45) is 0 Å². The fraction of sp³-hybridized carbons (Fsp3) is 0.467. The van der Waals surface area contributed by atoms with Crippen LogP contribution in [0.4, 0.5) is 4.39 Å². The molecule has 0 amide bonds. The molecular formula is C15H20FN3O. The Morgan fingerprint density at radius 3 is 2.75 bits per heavy atom. The first kappa shape index (κ1) is 14.7. The van der Waals surface area contributed by atoms with Crippen molar-refractivity contribution in [2.45, 2.75) is 39.2 Å². The van der Waals surface area contributed by atoms with Gasteiger partial charge in [-0.15, -0.1) is 0 Å². The van der Waals surface area contributed by atoms with Crippen LogP contribution in [0.25, 0.3) is 0 Å². The first-order valence-electron chi connectivity index (χ1n) is 6.96. The second-order valence-electron chi connectivity index (χ2n) is 4.90. The molecule has 0 bridgehead atoms. The van der Waals surface area contributed by atoms with E-state index in [1.807, 2.05) is 0 Å². The van der Waals surface area contributed by atoms with Gasteiger partial charge in [0.1, 0.15) is 5.82 Å². The fourth-order valence-corrected chi connectivity index (χ4v) is 2.04. The number of nitrogens with zero attached hydrogens (tertiary/aromatic N) is 2. The minimum Gasteiger partial charge on any atom is -0.339 e. The summed E-state index contributed by atoms with van der Waals surface area (Å²) in [5.74, 6) is 1.06. The summed E-state index contributed by atoms with van der Waals surface area (Å²) < 4.78 is 18.0. The highest BCUT2D eigenvalue weighted by Crippen LogP contribution is 2.09. The Morgan fingerprint density at radius 2 is 2.05 bits per heavy atom. The van der Waals surface area contributed by atoms with Crippen molar-refractivity contribution in [3.63, 3.8) is 0 Å². The van der Waals surface area contributed by atoms with E-state index >= 15 is 0 Å². The maximum absolute atomic E-state index is 12.8. The molecule has 1 heterocycles. The third-order valence-electron chi connectivity index (χ3n) is 3.13. The normalized spacial score (nSPS) is 12.6. The van der Waals surface area contributed by atoms with Crippen LogP contribution in [0.5, 0.6) is 0 Å². The standard InChI is InChI=1S/C15H20FN3O/c1-3-17-11(2)4-9-15-18-14(19-20-15)10-12-5-7-13(16)8-6-12/h5-8,11,17H,3-4,9-10H2,1-2H3. The summed E-state index contributed by atoms with van der Waals surface area (Å²) in [4.78, 5) is 4.36. The molecule has 108 valence electrons. The van der Waals surface area contributed by atoms with Gasteiger partial charge in [0.2, 0.25) is 5.89 Å². The second kappa shape index (κ2) is 7.14. The number of hydrogen-bond acceptors (Lipinski definition) is 4. The molecule has 4 nitrogen and oxygen atoms in total. The predicted molar refractivity (Wildman–Crippen MR) is 75.0 cm³/mol. The van der Waals surface area contributed by atoms with Crippen LogP contribution < -0.4 is 5.32 Å². The van der Waals surface area contributed by atoms with E-state index in [0.717, 1.165) is 24.9 Å². The molecule has 0 saturated carbocycles. The monoisotopic (exact) mass is 277 g/mol. The Balaban J connectivity index is 1.87. The molecule has 1 aromatic heterocycles. The number of hydrogen-bond donors (Lipinski definition) is 1. The third kappa shape index (κ3) is 4.42. The van der Waals surface area contributed by atoms with Gasteiger partial charge in [-0.2, -0.15) is 4.98 Å². The Morgan fingerprint density at radius 1 is 1.30 bits per heavy atom. The van der Waals surface area contributed by atoms with Crippen molar-refractivity contribution < 1.29 is 8.91 Å². The number of aromatic nitrogens is 2. The Bertz CT molecular complexity index is 524. The smallest absolute Gasteiger partial charge is 0.226 e. The van der Waals surface area contributed by atoms with Gasteiger partial charge in [0, 0.05) is 18.9 Å². The van der Waals surface area contributed by atoms with Gasteiger partial charge in [0.25, 0.3) is 0 Å². The molecule has 0 aliphatic heterocycles. The zero-order chi connectivity index (χ0) is 14.4. The Labute approximate surface area is 118 Å². The lowest BCUT2D eigenvalue weighted by Crippen LogP contribution is -2.25. The first-order chi connectivity index (χ1) is 9.67. The zero-order valence-corrected chi connectivity index (χ0v) is 11.9. The van der Waals surface area contributed by atoms with Gasteiger partial charge in [-0.1, -0.05) is 24.2 Å². The summed E-state index contributed by atoms with van der Waals surface area (Å²) in [7, 11) is 0. The first-order valence-corrected chi connectivity index (χ1v) is 6.96. The molecule has 0 saturated heterocycles. The lowest BCUT2D eigenvalue weighted by molar-refractivity contribution is 0.363. The molecule has 1 atom stereocenters. The maximum Gasteiger partial charge on any atom is 0.226 e. The van der Waals surface area contributed by atoms with Crippen molar-refractivity contribution in [1.82, 2.24) is 15.5 Å². The quantitative estimate of drug-likeness (QED) is 0.845. The summed E-state index contributed by atoms with van der Waals surface area (Å²) >= 11 is 0. The fourth-order valence-electron chi connectivity index (χ4n) is 2.04. The van der Waals surface area contributed by atoms with Crippen LogP contribution in [0.3, 0.4) is 0 Å². The molecule has 2 rings (SSSR count). The van der Waals surface area contributed by atoms with Crippen molar-refractivity contribution in [3.8, 4) is 0 Å². The van der Waals surface area contributed by atoms with Crippen LogP contribution in [-0.4, -0.2) is 22.7 Å². The molecule has 0 radical (unpaired) electrons. The minimum absolute atomic E-state index is 0.236. The molecule has 1 N–H and O–H groups in total. The van der Waals surface area contributed by atoms with Gasteiger partial charge in [0.15, 0.2) is 5.82 Å². The highest BCUT2D eigenvalue weighted by atomic mass is 19.1. The second-order valence-corrected chi connectivity index (χ2v) is 4.90. The van der Waals surface area contributed by atoms with Crippen LogP contribution in [0.1, 0.15) is 37.5 Å². The maximum atomic E-state index is 12.8. The summed E-state index contributed by atoms with van der Waals surface area (Å²) in [6.07, 6.45) is 2.29. The SMILES string of the molecule is CCNC(C)CCc1nc(Cc2ccc(F)cc2)no1. The average molecular weight is 277 g/mol. The predicted octanol–water partition coefficient (Wildman–Crippen LogP) is 2.73. The third-order valence-corrected chi connectivity index (χ3v) is 3.13. The van der Waals surface area contributed by atoms with Crippen molar-refractivity contribution in [2.75, 3.05) is 6.54 Å². The number of aryl methyl sites for hydroxylation is 1. The van der Waals surface area contributed by atoms with Crippen molar-refractivity contribution in [1.29, 1.82) is 0 Å². The molecule has 0 aliphatic carbocycles. The Hall–Kier alpha value is -1.75. The summed E-state index contributed by atoms with van der Waals surface area (Å²) in [6.45, 7) is 5.18. The van der Waals surface area contributed by atoms with Crippen LogP contribution in [0.15, 0.2) is 28.8 Å². The number of rotatable bonds is 7. The molecule has 0 fully saturated rings. The summed E-state index contributed by atoms with van der Waals surface area (Å²) in [5.41, 5.74) is 0.972. The van der Waals surface area contributed by atoms with Gasteiger partial charge in [-0.05, 0) is 37.6 Å². The van der Waals surface area contributed by atoms with E-state index in [1.54, 1.807) is 12.1 Å². The van der Waals surface area contributed by atoms with E-state index in [4.69, 9.17) is 4.52 Å². The van der Waals surface area contributed by atoms with E-state index in [1.165, 1.54) is 12.1 Å². The summed E-state index contributed by atoms with van der Waals surface area (Å²) in [5, 5.41) is 7.30. The summed E-state index contributed by atoms with van der Waals surface area (Å²) in [6, 6.07) is 6.78. The molecule has 0 spiro atoms. The molecule has 5 heteroatoms. The minimum atomic E-state index is -0.236. The van der Waals surface area contributed by atoms with E-state index in [2.05, 4.69) is 29.3 Å². The molecule has 0 aliphatic rings. The van der Waals surface area contributed by atoms with Crippen LogP contribution in [-0.2, 0) is 12.8 Å². The highest BCUT2D eigenvalue weighted by Gasteiger charge is 2.09. The van der Waals surface area contributed by atoms with Crippen molar-refractivity contribution >= 4 is 0 Å². The molecule has 2 aromatic rings. The van der Waals surface area contributed by atoms with E-state index in [-0.39, 0.29) is 5.82 Å².